The predicted molar refractivity (Wildman–Crippen MR) is 121 cm³/mol. The maximum absolute atomic E-state index is 13.7. The van der Waals surface area contributed by atoms with Crippen molar-refractivity contribution in [2.45, 2.75) is 53.0 Å². The van der Waals surface area contributed by atoms with Crippen LogP contribution in [-0.2, 0) is 6.42 Å². The van der Waals surface area contributed by atoms with Crippen molar-refractivity contribution in [3.05, 3.63) is 35.4 Å². The van der Waals surface area contributed by atoms with Gasteiger partial charge in [-0.3, -0.25) is 4.99 Å². The second kappa shape index (κ2) is 15.0. The zero-order valence-corrected chi connectivity index (χ0v) is 19.4. The zero-order chi connectivity index (χ0) is 19.4. The van der Waals surface area contributed by atoms with Gasteiger partial charge in [-0.15, -0.1) is 24.0 Å². The van der Waals surface area contributed by atoms with E-state index in [1.54, 1.807) is 6.07 Å². The lowest BCUT2D eigenvalue weighted by atomic mass is 10.1. The molecule has 7 heteroatoms. The molecule has 1 atom stereocenters. The fraction of sp³-hybridized carbons (Fsp3) is 0.650. The van der Waals surface area contributed by atoms with Crippen LogP contribution in [0.4, 0.5) is 8.78 Å². The van der Waals surface area contributed by atoms with E-state index in [9.17, 15) is 8.78 Å². The number of nitrogens with one attached hydrogen (secondary N) is 2. The summed E-state index contributed by atoms with van der Waals surface area (Å²) in [6.07, 6.45) is 2.56. The summed E-state index contributed by atoms with van der Waals surface area (Å²) in [5.74, 6) is -0.858. The number of halogens is 3. The zero-order valence-electron chi connectivity index (χ0n) is 17.0. The van der Waals surface area contributed by atoms with Crippen LogP contribution < -0.4 is 10.6 Å². The minimum atomic E-state index is -0.807. The molecule has 1 aromatic carbocycles. The van der Waals surface area contributed by atoms with Crippen LogP contribution in [0.15, 0.2) is 23.2 Å². The van der Waals surface area contributed by atoms with Gasteiger partial charge in [-0.2, -0.15) is 0 Å². The largest absolute Gasteiger partial charge is 0.357 e. The summed E-state index contributed by atoms with van der Waals surface area (Å²) in [7, 11) is 0. The lowest BCUT2D eigenvalue weighted by molar-refractivity contribution is 0.292. The fourth-order valence-electron chi connectivity index (χ4n) is 2.82. The second-order valence-electron chi connectivity index (χ2n) is 6.44. The lowest BCUT2D eigenvalue weighted by Crippen LogP contribution is -2.42. The van der Waals surface area contributed by atoms with Gasteiger partial charge in [0.05, 0.1) is 0 Å². The molecule has 0 radical (unpaired) electrons. The molecule has 0 fully saturated rings. The van der Waals surface area contributed by atoms with Crippen LogP contribution in [0.1, 0.15) is 46.1 Å². The first-order valence-electron chi connectivity index (χ1n) is 9.71. The molecule has 1 rings (SSSR count). The summed E-state index contributed by atoms with van der Waals surface area (Å²) in [4.78, 5) is 6.91. The fourth-order valence-corrected chi connectivity index (χ4v) is 2.82. The SMILES string of the molecule is CCNC(=NCCc1cccc(F)c1F)NC(C)CCCN(CC)CC.I. The van der Waals surface area contributed by atoms with E-state index in [0.717, 1.165) is 51.0 Å². The van der Waals surface area contributed by atoms with Crippen LogP contribution in [0.25, 0.3) is 0 Å². The van der Waals surface area contributed by atoms with Crippen molar-refractivity contribution in [1.82, 2.24) is 15.5 Å². The molecule has 27 heavy (non-hydrogen) atoms. The van der Waals surface area contributed by atoms with Gasteiger partial charge in [0, 0.05) is 19.1 Å². The number of nitrogens with zero attached hydrogens (tertiary/aromatic N) is 2. The summed E-state index contributed by atoms with van der Waals surface area (Å²) in [6.45, 7) is 12.9. The molecule has 0 saturated heterocycles. The maximum atomic E-state index is 13.7. The molecule has 0 heterocycles. The second-order valence-corrected chi connectivity index (χ2v) is 6.44. The number of guanidine groups is 1. The van der Waals surface area contributed by atoms with Crippen molar-refractivity contribution >= 4 is 29.9 Å². The van der Waals surface area contributed by atoms with E-state index in [4.69, 9.17) is 0 Å². The summed E-state index contributed by atoms with van der Waals surface area (Å²) >= 11 is 0. The van der Waals surface area contributed by atoms with Gasteiger partial charge in [0.2, 0.25) is 0 Å². The van der Waals surface area contributed by atoms with Crippen molar-refractivity contribution in [1.29, 1.82) is 0 Å². The van der Waals surface area contributed by atoms with Crippen molar-refractivity contribution in [3.8, 4) is 0 Å². The molecule has 0 aliphatic carbocycles. The van der Waals surface area contributed by atoms with Gasteiger partial charge in [0.1, 0.15) is 0 Å². The molecule has 0 aliphatic heterocycles. The highest BCUT2D eigenvalue weighted by Gasteiger charge is 2.08. The van der Waals surface area contributed by atoms with Crippen molar-refractivity contribution in [2.75, 3.05) is 32.7 Å². The third kappa shape index (κ3) is 10.2. The number of hydrogen-bond donors (Lipinski definition) is 2. The predicted octanol–water partition coefficient (Wildman–Crippen LogP) is 4.19. The van der Waals surface area contributed by atoms with Crippen LogP contribution in [0.2, 0.25) is 0 Å². The van der Waals surface area contributed by atoms with Crippen LogP contribution in [0, 0.1) is 11.6 Å². The molecule has 0 bridgehead atoms. The minimum absolute atomic E-state index is 0. The highest BCUT2D eigenvalue weighted by Crippen LogP contribution is 2.11. The van der Waals surface area contributed by atoms with Crippen LogP contribution in [0.5, 0.6) is 0 Å². The molecule has 156 valence electrons. The smallest absolute Gasteiger partial charge is 0.191 e. The topological polar surface area (TPSA) is 39.7 Å². The van der Waals surface area contributed by atoms with Crippen molar-refractivity contribution in [2.24, 2.45) is 4.99 Å². The van der Waals surface area contributed by atoms with Gasteiger partial charge < -0.3 is 15.5 Å². The molecule has 1 unspecified atom stereocenters. The first-order valence-corrected chi connectivity index (χ1v) is 9.71. The molecular weight excluding hydrogens is 461 g/mol. The van der Waals surface area contributed by atoms with E-state index in [2.05, 4.69) is 41.3 Å². The minimum Gasteiger partial charge on any atom is -0.357 e. The van der Waals surface area contributed by atoms with Crippen LogP contribution in [-0.4, -0.2) is 49.6 Å². The summed E-state index contributed by atoms with van der Waals surface area (Å²) in [5.41, 5.74) is 0.358. The van der Waals surface area contributed by atoms with Gasteiger partial charge in [-0.1, -0.05) is 26.0 Å². The monoisotopic (exact) mass is 496 g/mol. The maximum Gasteiger partial charge on any atom is 0.191 e. The molecule has 0 amide bonds. The quantitative estimate of drug-likeness (QED) is 0.274. The number of hydrogen-bond acceptors (Lipinski definition) is 2. The Kier molecular flexibility index (Phi) is 14.5. The molecular formula is C20H35F2IN4. The first-order chi connectivity index (χ1) is 12.5. The molecule has 4 nitrogen and oxygen atoms in total. The summed E-state index contributed by atoms with van der Waals surface area (Å²) in [5, 5.41) is 6.60. The Morgan fingerprint density at radius 3 is 2.52 bits per heavy atom. The Bertz CT molecular complexity index is 551. The van der Waals surface area contributed by atoms with Crippen molar-refractivity contribution in [3.63, 3.8) is 0 Å². The number of rotatable bonds is 11. The average Bonchev–Trinajstić information content (AvgIpc) is 2.62. The third-order valence-electron chi connectivity index (χ3n) is 4.42. The number of benzene rings is 1. The highest BCUT2D eigenvalue weighted by molar-refractivity contribution is 14.0. The highest BCUT2D eigenvalue weighted by atomic mass is 127. The summed E-state index contributed by atoms with van der Waals surface area (Å²) < 4.78 is 26.9. The number of aliphatic imine (C=N–C) groups is 1. The molecule has 2 N–H and O–H groups in total. The van der Waals surface area contributed by atoms with Gasteiger partial charge in [-0.05, 0) is 64.4 Å². The first kappa shape index (κ1) is 26.0. The molecule has 0 saturated carbocycles. The van der Waals surface area contributed by atoms with E-state index >= 15 is 0 Å². The molecule has 0 aliphatic rings. The Morgan fingerprint density at radius 2 is 1.89 bits per heavy atom. The van der Waals surface area contributed by atoms with E-state index in [1.165, 1.54) is 6.07 Å². The van der Waals surface area contributed by atoms with E-state index in [0.29, 0.717) is 24.6 Å². The Balaban J connectivity index is 0.00000676. The van der Waals surface area contributed by atoms with Crippen LogP contribution >= 0.6 is 24.0 Å². The Hall–Kier alpha value is -0.960. The molecule has 0 spiro atoms. The van der Waals surface area contributed by atoms with Crippen LogP contribution in [0.3, 0.4) is 0 Å². The van der Waals surface area contributed by atoms with E-state index in [-0.39, 0.29) is 24.0 Å². The van der Waals surface area contributed by atoms with Gasteiger partial charge in [-0.25, -0.2) is 8.78 Å². The average molecular weight is 496 g/mol. The van der Waals surface area contributed by atoms with E-state index < -0.39 is 11.6 Å². The van der Waals surface area contributed by atoms with Gasteiger partial charge in [0.25, 0.3) is 0 Å². The Morgan fingerprint density at radius 1 is 1.19 bits per heavy atom. The normalized spacial score (nSPS) is 12.6. The molecule has 0 aromatic heterocycles. The van der Waals surface area contributed by atoms with Crippen molar-refractivity contribution < 1.29 is 8.78 Å². The lowest BCUT2D eigenvalue weighted by Gasteiger charge is -2.21. The van der Waals surface area contributed by atoms with E-state index in [1.807, 2.05) is 6.92 Å². The van der Waals surface area contributed by atoms with Gasteiger partial charge in [0.15, 0.2) is 17.6 Å². The van der Waals surface area contributed by atoms with Gasteiger partial charge >= 0.3 is 0 Å². The summed E-state index contributed by atoms with van der Waals surface area (Å²) in [6, 6.07) is 4.56. The standard InChI is InChI=1S/C20H34F2N4.HI/c1-5-23-20(25-16(4)10-9-15-26(6-2)7-3)24-14-13-17-11-8-12-18(21)19(17)22;/h8,11-12,16H,5-7,9-10,13-15H2,1-4H3,(H2,23,24,25);1H. The third-order valence-corrected chi connectivity index (χ3v) is 4.42. The molecule has 1 aromatic rings. The Labute approximate surface area is 180 Å².